The second kappa shape index (κ2) is 3.25. The number of rotatable bonds is 3. The van der Waals surface area contributed by atoms with Crippen molar-refractivity contribution < 1.29 is 4.52 Å². The smallest absolute Gasteiger partial charge is 0.226 e. The van der Waals surface area contributed by atoms with E-state index in [1.165, 1.54) is 19.3 Å². The van der Waals surface area contributed by atoms with E-state index in [1.807, 2.05) is 6.92 Å². The van der Waals surface area contributed by atoms with Gasteiger partial charge in [-0.1, -0.05) is 31.3 Å². The van der Waals surface area contributed by atoms with Crippen LogP contribution in [-0.2, 0) is 12.8 Å². The van der Waals surface area contributed by atoms with Crippen LogP contribution < -0.4 is 0 Å². The average molecular weight is 166 g/mol. The van der Waals surface area contributed by atoms with Gasteiger partial charge in [0.05, 0.1) is 0 Å². The number of aromatic nitrogens is 2. The van der Waals surface area contributed by atoms with Gasteiger partial charge in [-0.2, -0.15) is 4.98 Å². The molecule has 0 atom stereocenters. The maximum atomic E-state index is 5.02. The van der Waals surface area contributed by atoms with Gasteiger partial charge in [-0.25, -0.2) is 0 Å². The number of hydrogen-bond acceptors (Lipinski definition) is 3. The van der Waals surface area contributed by atoms with Gasteiger partial charge in [0.1, 0.15) is 0 Å². The molecule has 1 aromatic heterocycles. The van der Waals surface area contributed by atoms with Crippen molar-refractivity contribution in [1.29, 1.82) is 0 Å². The first kappa shape index (κ1) is 7.77. The summed E-state index contributed by atoms with van der Waals surface area (Å²) in [7, 11) is 0. The maximum absolute atomic E-state index is 5.02. The molecule has 0 N–H and O–H groups in total. The molecule has 12 heavy (non-hydrogen) atoms. The molecule has 66 valence electrons. The molecule has 1 fully saturated rings. The van der Waals surface area contributed by atoms with Crippen molar-refractivity contribution >= 4 is 0 Å². The van der Waals surface area contributed by atoms with E-state index in [4.69, 9.17) is 4.52 Å². The molecule has 0 unspecified atom stereocenters. The topological polar surface area (TPSA) is 38.9 Å². The third-order valence-electron chi connectivity index (χ3n) is 2.51. The lowest BCUT2D eigenvalue weighted by atomic mass is 9.83. The number of aryl methyl sites for hydroxylation is 1. The van der Waals surface area contributed by atoms with Crippen LogP contribution in [0.3, 0.4) is 0 Å². The molecule has 1 aromatic rings. The van der Waals surface area contributed by atoms with Crippen LogP contribution in [-0.4, -0.2) is 10.1 Å². The predicted octanol–water partition coefficient (Wildman–Crippen LogP) is 1.97. The lowest BCUT2D eigenvalue weighted by molar-refractivity contribution is 0.302. The molecule has 0 amide bonds. The molecule has 0 bridgehead atoms. The van der Waals surface area contributed by atoms with Crippen LogP contribution in [0.4, 0.5) is 0 Å². The summed E-state index contributed by atoms with van der Waals surface area (Å²) in [5, 5.41) is 3.92. The third kappa shape index (κ3) is 1.49. The van der Waals surface area contributed by atoms with Crippen LogP contribution in [0.2, 0.25) is 0 Å². The molecule has 1 aliphatic carbocycles. The molecule has 0 aromatic carbocycles. The normalized spacial score (nSPS) is 17.8. The fraction of sp³-hybridized carbons (Fsp3) is 0.778. The summed E-state index contributed by atoms with van der Waals surface area (Å²) in [6, 6.07) is 0. The Bertz CT molecular complexity index is 253. The minimum absolute atomic E-state index is 0.768. The Balaban J connectivity index is 1.93. The van der Waals surface area contributed by atoms with Crippen LogP contribution in [0.25, 0.3) is 0 Å². The summed E-state index contributed by atoms with van der Waals surface area (Å²) in [4.78, 5) is 4.27. The van der Waals surface area contributed by atoms with Crippen LogP contribution in [0.1, 0.15) is 37.9 Å². The predicted molar refractivity (Wildman–Crippen MR) is 44.7 cm³/mol. The Labute approximate surface area is 72.2 Å². The fourth-order valence-corrected chi connectivity index (χ4v) is 1.47. The van der Waals surface area contributed by atoms with Gasteiger partial charge in [-0.05, 0) is 5.92 Å². The zero-order chi connectivity index (χ0) is 8.39. The van der Waals surface area contributed by atoms with E-state index in [9.17, 15) is 0 Å². The second-order valence-electron chi connectivity index (χ2n) is 3.46. The Morgan fingerprint density at radius 1 is 1.50 bits per heavy atom. The van der Waals surface area contributed by atoms with Crippen molar-refractivity contribution in [2.45, 2.75) is 39.0 Å². The lowest BCUT2D eigenvalue weighted by Crippen LogP contribution is -2.14. The van der Waals surface area contributed by atoms with Crippen LogP contribution in [0, 0.1) is 5.92 Å². The van der Waals surface area contributed by atoms with E-state index in [1.54, 1.807) is 0 Å². The summed E-state index contributed by atoms with van der Waals surface area (Å²) in [6.07, 6.45) is 5.93. The second-order valence-corrected chi connectivity index (χ2v) is 3.46. The Hall–Kier alpha value is -0.860. The molecule has 3 heteroatoms. The SMILES string of the molecule is CCc1nc(CC2CCC2)no1. The summed E-state index contributed by atoms with van der Waals surface area (Å²) in [5.41, 5.74) is 0. The molecular weight excluding hydrogens is 152 g/mol. The molecule has 2 rings (SSSR count). The number of nitrogens with zero attached hydrogens (tertiary/aromatic N) is 2. The Morgan fingerprint density at radius 2 is 2.33 bits per heavy atom. The highest BCUT2D eigenvalue weighted by molar-refractivity contribution is 4.89. The standard InChI is InChI=1S/C9H14N2O/c1-2-9-10-8(11-12-9)6-7-4-3-5-7/h7H,2-6H2,1H3. The Morgan fingerprint density at radius 3 is 2.83 bits per heavy atom. The molecular formula is C9H14N2O. The minimum Gasteiger partial charge on any atom is -0.339 e. The molecule has 0 aliphatic heterocycles. The van der Waals surface area contributed by atoms with E-state index >= 15 is 0 Å². The van der Waals surface area contributed by atoms with Gasteiger partial charge in [-0.3, -0.25) is 0 Å². The number of hydrogen-bond donors (Lipinski definition) is 0. The van der Waals surface area contributed by atoms with Crippen molar-refractivity contribution in [3.63, 3.8) is 0 Å². The van der Waals surface area contributed by atoms with Crippen molar-refractivity contribution in [3.05, 3.63) is 11.7 Å². The molecule has 0 radical (unpaired) electrons. The van der Waals surface area contributed by atoms with Crippen molar-refractivity contribution in [2.75, 3.05) is 0 Å². The fourth-order valence-electron chi connectivity index (χ4n) is 1.47. The van der Waals surface area contributed by atoms with E-state index < -0.39 is 0 Å². The van der Waals surface area contributed by atoms with Gasteiger partial charge in [0.2, 0.25) is 5.89 Å². The molecule has 1 aliphatic rings. The summed E-state index contributed by atoms with van der Waals surface area (Å²) in [6.45, 7) is 2.03. The summed E-state index contributed by atoms with van der Waals surface area (Å²) in [5.74, 6) is 2.49. The van der Waals surface area contributed by atoms with Crippen molar-refractivity contribution in [3.8, 4) is 0 Å². The third-order valence-corrected chi connectivity index (χ3v) is 2.51. The summed E-state index contributed by atoms with van der Waals surface area (Å²) >= 11 is 0. The van der Waals surface area contributed by atoms with Crippen molar-refractivity contribution in [2.24, 2.45) is 5.92 Å². The molecule has 0 saturated heterocycles. The molecule has 0 spiro atoms. The Kier molecular flexibility index (Phi) is 2.11. The first-order chi connectivity index (χ1) is 5.88. The monoisotopic (exact) mass is 166 g/mol. The first-order valence-electron chi connectivity index (χ1n) is 4.70. The van der Waals surface area contributed by atoms with Gasteiger partial charge in [0.25, 0.3) is 0 Å². The van der Waals surface area contributed by atoms with E-state index in [2.05, 4.69) is 10.1 Å². The van der Waals surface area contributed by atoms with Gasteiger partial charge >= 0.3 is 0 Å². The quantitative estimate of drug-likeness (QED) is 0.689. The highest BCUT2D eigenvalue weighted by atomic mass is 16.5. The highest BCUT2D eigenvalue weighted by Gasteiger charge is 2.20. The molecule has 1 heterocycles. The minimum atomic E-state index is 0.768. The first-order valence-corrected chi connectivity index (χ1v) is 4.70. The van der Waals surface area contributed by atoms with E-state index in [-0.39, 0.29) is 0 Å². The van der Waals surface area contributed by atoms with Gasteiger partial charge in [-0.15, -0.1) is 0 Å². The van der Waals surface area contributed by atoms with Crippen LogP contribution in [0.15, 0.2) is 4.52 Å². The van der Waals surface area contributed by atoms with Crippen molar-refractivity contribution in [1.82, 2.24) is 10.1 Å². The summed E-state index contributed by atoms with van der Waals surface area (Å²) < 4.78 is 5.02. The zero-order valence-corrected chi connectivity index (χ0v) is 7.42. The zero-order valence-electron chi connectivity index (χ0n) is 7.42. The van der Waals surface area contributed by atoms with Crippen LogP contribution in [0.5, 0.6) is 0 Å². The lowest BCUT2D eigenvalue weighted by Gasteiger charge is -2.23. The van der Waals surface area contributed by atoms with Gasteiger partial charge in [0, 0.05) is 12.8 Å². The average Bonchev–Trinajstić information content (AvgIpc) is 2.44. The van der Waals surface area contributed by atoms with Gasteiger partial charge in [0.15, 0.2) is 5.82 Å². The van der Waals surface area contributed by atoms with E-state index in [0.717, 1.165) is 30.5 Å². The van der Waals surface area contributed by atoms with Crippen LogP contribution >= 0.6 is 0 Å². The molecule has 3 nitrogen and oxygen atoms in total. The largest absolute Gasteiger partial charge is 0.339 e. The maximum Gasteiger partial charge on any atom is 0.226 e. The van der Waals surface area contributed by atoms with E-state index in [0.29, 0.717) is 0 Å². The highest BCUT2D eigenvalue weighted by Crippen LogP contribution is 2.28. The van der Waals surface area contributed by atoms with Gasteiger partial charge < -0.3 is 4.52 Å². The molecule has 1 saturated carbocycles.